The van der Waals surface area contributed by atoms with Gasteiger partial charge >= 0.3 is 0 Å². The molecular formula is C70H123NO8. The molecule has 79 heavy (non-hydrogen) atoms. The number of aliphatic hydroxyl groups is 5. The van der Waals surface area contributed by atoms with E-state index >= 15 is 0 Å². The van der Waals surface area contributed by atoms with Crippen LogP contribution >= 0.6 is 0 Å². The molecule has 1 rings (SSSR count). The molecule has 1 fully saturated rings. The number of allylic oxidation sites excluding steroid dienone is 15. The Bertz CT molecular complexity index is 1560. The summed E-state index contributed by atoms with van der Waals surface area (Å²) in [7, 11) is 0. The van der Waals surface area contributed by atoms with Crippen molar-refractivity contribution < 1.29 is 39.8 Å². The summed E-state index contributed by atoms with van der Waals surface area (Å²) >= 11 is 0. The SMILES string of the molecule is CC/C=C\C/C=C\C/C=C\C/C=C\C/C=C\CCCCCCCCCCCCCCCCCC(=O)NC(COC1OC(CO)C(O)C(O)C1O)C(O)/C=C/CC/C=C/CC/C=C/CCCCCCCCCCCCCCCCC. The highest BCUT2D eigenvalue weighted by atomic mass is 16.7. The van der Waals surface area contributed by atoms with Gasteiger partial charge in [0.1, 0.15) is 24.4 Å². The van der Waals surface area contributed by atoms with Gasteiger partial charge in [-0.2, -0.15) is 0 Å². The minimum absolute atomic E-state index is 0.192. The Labute approximate surface area is 485 Å². The fourth-order valence-corrected chi connectivity index (χ4v) is 9.98. The highest BCUT2D eigenvalue weighted by molar-refractivity contribution is 5.76. The summed E-state index contributed by atoms with van der Waals surface area (Å²) in [6, 6.07) is -0.835. The van der Waals surface area contributed by atoms with E-state index in [0.29, 0.717) is 6.42 Å². The first-order chi connectivity index (χ1) is 38.8. The lowest BCUT2D eigenvalue weighted by atomic mass is 9.99. The molecule has 0 aromatic heterocycles. The molecular weight excluding hydrogens is 983 g/mol. The summed E-state index contributed by atoms with van der Waals surface area (Å²) in [6.45, 7) is 3.67. The number of carbonyl (C=O) groups is 1. The molecule has 9 heteroatoms. The van der Waals surface area contributed by atoms with Gasteiger partial charge in [0.05, 0.1) is 25.4 Å². The third kappa shape index (κ3) is 47.3. The van der Waals surface area contributed by atoms with Gasteiger partial charge in [0, 0.05) is 6.42 Å². The number of carbonyl (C=O) groups excluding carboxylic acids is 1. The van der Waals surface area contributed by atoms with Crippen LogP contribution in [-0.4, -0.2) is 87.5 Å². The standard InChI is InChI=1S/C70H123NO8/c1-3-5-7-9-11-13-15-17-19-21-23-25-27-29-30-31-32-33-34-36-38-40-42-44-46-48-50-52-54-56-58-60-66(74)71-63(62-78-70-69(77)68(76)67(75)65(61-72)79-70)64(73)59-57-55-53-51-49-47-45-43-41-39-37-35-28-26-24-22-20-18-16-14-12-10-8-6-4-2/h5,7,11,13,17,19,23,25,29-30,41,43,49,51,57,59,63-65,67-70,72-73,75-77H,3-4,6,8-10,12,14-16,18,20-22,24,26-28,31-40,42,44-48,50,52-56,58,60-62H2,1-2H3,(H,71,74)/b7-5-,13-11-,19-17-,25-23-,30-29-,43-41+,51-49+,59-57+. The molecule has 0 aromatic carbocycles. The average molecular weight is 1110 g/mol. The van der Waals surface area contributed by atoms with E-state index < -0.39 is 49.5 Å². The maximum absolute atomic E-state index is 13.1. The topological polar surface area (TPSA) is 149 Å². The van der Waals surface area contributed by atoms with Crippen LogP contribution < -0.4 is 5.32 Å². The van der Waals surface area contributed by atoms with E-state index in [1.807, 2.05) is 6.08 Å². The zero-order valence-corrected chi connectivity index (χ0v) is 50.9. The molecule has 0 bridgehead atoms. The average Bonchev–Trinajstić information content (AvgIpc) is 3.47. The molecule has 0 spiro atoms. The molecule has 0 aromatic rings. The maximum Gasteiger partial charge on any atom is 0.220 e. The lowest BCUT2D eigenvalue weighted by Gasteiger charge is -2.40. The van der Waals surface area contributed by atoms with Crippen molar-refractivity contribution in [3.05, 3.63) is 97.2 Å². The van der Waals surface area contributed by atoms with Crippen LogP contribution in [0.5, 0.6) is 0 Å². The number of rotatable bonds is 56. The molecule has 1 amide bonds. The molecule has 1 aliphatic rings. The molecule has 7 unspecified atom stereocenters. The largest absolute Gasteiger partial charge is 0.394 e. The van der Waals surface area contributed by atoms with Crippen LogP contribution in [0.15, 0.2) is 97.2 Å². The van der Waals surface area contributed by atoms with Crippen molar-refractivity contribution >= 4 is 5.91 Å². The third-order valence-electron chi connectivity index (χ3n) is 15.1. The molecule has 0 saturated carbocycles. The highest BCUT2D eigenvalue weighted by Crippen LogP contribution is 2.23. The van der Waals surface area contributed by atoms with Crippen LogP contribution in [-0.2, 0) is 14.3 Å². The van der Waals surface area contributed by atoms with Crippen molar-refractivity contribution in [1.82, 2.24) is 5.32 Å². The summed E-state index contributed by atoms with van der Waals surface area (Å²) in [6.07, 6.45) is 77.8. The first kappa shape index (κ1) is 74.1. The quantitative estimate of drug-likeness (QED) is 0.0261. The van der Waals surface area contributed by atoms with E-state index in [1.165, 1.54) is 186 Å². The molecule has 1 aliphatic heterocycles. The van der Waals surface area contributed by atoms with E-state index in [0.717, 1.165) is 77.0 Å². The summed E-state index contributed by atoms with van der Waals surface area (Å²) < 4.78 is 11.3. The first-order valence-electron chi connectivity index (χ1n) is 33.0. The molecule has 7 atom stereocenters. The zero-order valence-electron chi connectivity index (χ0n) is 50.9. The maximum atomic E-state index is 13.1. The number of hydrogen-bond acceptors (Lipinski definition) is 8. The lowest BCUT2D eigenvalue weighted by Crippen LogP contribution is -2.60. The second-order valence-electron chi connectivity index (χ2n) is 22.5. The predicted molar refractivity (Wildman–Crippen MR) is 336 cm³/mol. The van der Waals surface area contributed by atoms with Gasteiger partial charge in [-0.25, -0.2) is 0 Å². The van der Waals surface area contributed by atoms with Gasteiger partial charge in [0.25, 0.3) is 0 Å². The third-order valence-corrected chi connectivity index (χ3v) is 15.1. The van der Waals surface area contributed by atoms with Crippen molar-refractivity contribution in [3.63, 3.8) is 0 Å². The Morgan fingerprint density at radius 1 is 0.443 bits per heavy atom. The van der Waals surface area contributed by atoms with Gasteiger partial charge in [-0.15, -0.1) is 0 Å². The molecule has 1 saturated heterocycles. The van der Waals surface area contributed by atoms with Crippen molar-refractivity contribution in [3.8, 4) is 0 Å². The van der Waals surface area contributed by atoms with Gasteiger partial charge in [-0.05, 0) is 89.9 Å². The van der Waals surface area contributed by atoms with Gasteiger partial charge < -0.3 is 40.3 Å². The van der Waals surface area contributed by atoms with Crippen LogP contribution in [0.1, 0.15) is 284 Å². The summed E-state index contributed by atoms with van der Waals surface area (Å²) in [5, 5.41) is 54.7. The van der Waals surface area contributed by atoms with Crippen LogP contribution in [0, 0.1) is 0 Å². The monoisotopic (exact) mass is 1110 g/mol. The van der Waals surface area contributed by atoms with E-state index in [1.54, 1.807) is 6.08 Å². The molecule has 1 heterocycles. The normalized spacial score (nSPS) is 19.2. The summed E-state index contributed by atoms with van der Waals surface area (Å²) in [5.74, 6) is -0.192. The number of ether oxygens (including phenoxy) is 2. The van der Waals surface area contributed by atoms with Crippen molar-refractivity contribution in [2.45, 2.75) is 326 Å². The van der Waals surface area contributed by atoms with E-state index in [2.05, 4.69) is 104 Å². The zero-order chi connectivity index (χ0) is 57.2. The molecule has 0 aliphatic carbocycles. The molecule has 456 valence electrons. The first-order valence-corrected chi connectivity index (χ1v) is 33.0. The highest BCUT2D eigenvalue weighted by Gasteiger charge is 2.44. The molecule has 6 N–H and O–H groups in total. The number of aliphatic hydroxyl groups excluding tert-OH is 5. The number of hydrogen-bond donors (Lipinski definition) is 6. The summed E-state index contributed by atoms with van der Waals surface area (Å²) in [4.78, 5) is 13.1. The fourth-order valence-electron chi connectivity index (χ4n) is 9.98. The minimum atomic E-state index is -1.58. The number of nitrogens with one attached hydrogen (secondary N) is 1. The fraction of sp³-hybridized carbons (Fsp3) is 0.757. The smallest absolute Gasteiger partial charge is 0.220 e. The molecule has 0 radical (unpaired) electrons. The number of amides is 1. The second-order valence-corrected chi connectivity index (χ2v) is 22.5. The van der Waals surface area contributed by atoms with E-state index in [-0.39, 0.29) is 12.5 Å². The van der Waals surface area contributed by atoms with Crippen LogP contribution in [0.2, 0.25) is 0 Å². The minimum Gasteiger partial charge on any atom is -0.394 e. The van der Waals surface area contributed by atoms with Gasteiger partial charge in [-0.1, -0.05) is 284 Å². The van der Waals surface area contributed by atoms with E-state index in [4.69, 9.17) is 9.47 Å². The molecule has 9 nitrogen and oxygen atoms in total. The predicted octanol–water partition coefficient (Wildman–Crippen LogP) is 17.5. The Morgan fingerprint density at radius 3 is 1.22 bits per heavy atom. The summed E-state index contributed by atoms with van der Waals surface area (Å²) in [5.41, 5.74) is 0. The van der Waals surface area contributed by atoms with Crippen molar-refractivity contribution in [2.24, 2.45) is 0 Å². The van der Waals surface area contributed by atoms with Crippen LogP contribution in [0.25, 0.3) is 0 Å². The van der Waals surface area contributed by atoms with Crippen LogP contribution in [0.4, 0.5) is 0 Å². The van der Waals surface area contributed by atoms with Crippen LogP contribution in [0.3, 0.4) is 0 Å². The van der Waals surface area contributed by atoms with Gasteiger partial charge in [0.2, 0.25) is 5.91 Å². The van der Waals surface area contributed by atoms with Crippen molar-refractivity contribution in [2.75, 3.05) is 13.2 Å². The Balaban J connectivity index is 2.19. The van der Waals surface area contributed by atoms with Gasteiger partial charge in [-0.3, -0.25) is 4.79 Å². The Hall–Kier alpha value is -2.89. The lowest BCUT2D eigenvalue weighted by molar-refractivity contribution is -0.302. The van der Waals surface area contributed by atoms with Gasteiger partial charge in [0.15, 0.2) is 6.29 Å². The second kappa shape index (κ2) is 58.3. The number of unbranched alkanes of at least 4 members (excludes halogenated alkanes) is 32. The van der Waals surface area contributed by atoms with Crippen molar-refractivity contribution in [1.29, 1.82) is 0 Å². The van der Waals surface area contributed by atoms with E-state index in [9.17, 15) is 30.3 Å². The Morgan fingerprint density at radius 2 is 0.797 bits per heavy atom. The Kier molecular flexibility index (Phi) is 54.7.